The van der Waals surface area contributed by atoms with E-state index in [0.29, 0.717) is 6.42 Å². The van der Waals surface area contributed by atoms with Crippen molar-refractivity contribution in [1.29, 1.82) is 0 Å². The molecule has 4 nitrogen and oxygen atoms in total. The van der Waals surface area contributed by atoms with Crippen LogP contribution in [0.5, 0.6) is 0 Å². The fourth-order valence-corrected chi connectivity index (χ4v) is 1.36. The molecule has 18 heavy (non-hydrogen) atoms. The molecule has 0 aliphatic heterocycles. The lowest BCUT2D eigenvalue weighted by atomic mass is 9.98. The Morgan fingerprint density at radius 1 is 1.28 bits per heavy atom. The molecule has 0 unspecified atom stereocenters. The van der Waals surface area contributed by atoms with Gasteiger partial charge in [0.15, 0.2) is 0 Å². The van der Waals surface area contributed by atoms with Crippen LogP contribution >= 0.6 is 0 Å². The van der Waals surface area contributed by atoms with Crippen molar-refractivity contribution >= 4 is 5.91 Å². The van der Waals surface area contributed by atoms with Crippen LogP contribution in [0.1, 0.15) is 18.9 Å². The van der Waals surface area contributed by atoms with E-state index in [1.54, 1.807) is 19.1 Å². The number of aliphatic hydroxyl groups is 2. The molecule has 4 heteroatoms. The van der Waals surface area contributed by atoms with Crippen LogP contribution < -0.4 is 5.32 Å². The lowest BCUT2D eigenvalue weighted by Crippen LogP contribution is -2.53. The molecular formula is C14H17NO3. The second-order valence-electron chi connectivity index (χ2n) is 4.02. The van der Waals surface area contributed by atoms with E-state index in [1.807, 2.05) is 18.2 Å². The lowest BCUT2D eigenvalue weighted by Gasteiger charge is -2.28. The third-order valence-corrected chi connectivity index (χ3v) is 2.75. The van der Waals surface area contributed by atoms with Crippen LogP contribution in [0.15, 0.2) is 30.3 Å². The minimum atomic E-state index is -0.998. The fraction of sp³-hybridized carbons (Fsp3) is 0.357. The number of carbonyl (C=O) groups excluding carboxylic acids is 1. The quantitative estimate of drug-likeness (QED) is 0.670. The van der Waals surface area contributed by atoms with E-state index in [-0.39, 0.29) is 13.2 Å². The van der Waals surface area contributed by atoms with Crippen molar-refractivity contribution in [2.75, 3.05) is 13.2 Å². The monoisotopic (exact) mass is 247 g/mol. The van der Waals surface area contributed by atoms with Gasteiger partial charge in [-0.25, -0.2) is 0 Å². The Kier molecular flexibility index (Phi) is 5.37. The Morgan fingerprint density at radius 3 is 2.39 bits per heavy atom. The van der Waals surface area contributed by atoms with Gasteiger partial charge in [0.05, 0.1) is 18.8 Å². The van der Waals surface area contributed by atoms with Crippen LogP contribution in [0, 0.1) is 11.8 Å². The molecule has 0 bridgehead atoms. The molecule has 0 atom stereocenters. The molecule has 1 rings (SSSR count). The summed E-state index contributed by atoms with van der Waals surface area (Å²) in [5.41, 5.74) is -0.259. The first kappa shape index (κ1) is 14.2. The third kappa shape index (κ3) is 3.88. The summed E-state index contributed by atoms with van der Waals surface area (Å²) in [6, 6.07) is 9.13. The molecule has 0 fully saturated rings. The summed E-state index contributed by atoms with van der Waals surface area (Å²) in [4.78, 5) is 11.6. The second kappa shape index (κ2) is 6.80. The van der Waals surface area contributed by atoms with Crippen LogP contribution in [0.3, 0.4) is 0 Å². The summed E-state index contributed by atoms with van der Waals surface area (Å²) in [5, 5.41) is 20.9. The first-order valence-corrected chi connectivity index (χ1v) is 5.77. The number of nitrogens with one attached hydrogen (secondary N) is 1. The van der Waals surface area contributed by atoms with Gasteiger partial charge in [0.25, 0.3) is 5.91 Å². The Balaban J connectivity index is 2.70. The molecule has 0 saturated carbocycles. The highest BCUT2D eigenvalue weighted by Crippen LogP contribution is 2.07. The molecule has 0 saturated heterocycles. The number of amides is 1. The Bertz CT molecular complexity index is 433. The molecule has 0 spiro atoms. The van der Waals surface area contributed by atoms with E-state index in [9.17, 15) is 15.0 Å². The fourth-order valence-electron chi connectivity index (χ4n) is 1.36. The minimum absolute atomic E-state index is 0.321. The number of rotatable bonds is 4. The molecule has 0 radical (unpaired) electrons. The molecule has 3 N–H and O–H groups in total. The first-order chi connectivity index (χ1) is 8.65. The number of carbonyl (C=O) groups is 1. The van der Waals surface area contributed by atoms with Crippen LogP contribution in [-0.4, -0.2) is 34.9 Å². The smallest absolute Gasteiger partial charge is 0.296 e. The van der Waals surface area contributed by atoms with Crippen molar-refractivity contribution in [3.05, 3.63) is 35.9 Å². The van der Waals surface area contributed by atoms with Gasteiger partial charge in [-0.05, 0) is 18.6 Å². The summed E-state index contributed by atoms with van der Waals surface area (Å²) >= 11 is 0. The number of aliphatic hydroxyl groups excluding tert-OH is 2. The van der Waals surface area contributed by atoms with Gasteiger partial charge in [0, 0.05) is 11.5 Å². The Labute approximate surface area is 107 Å². The van der Waals surface area contributed by atoms with E-state index < -0.39 is 11.4 Å². The van der Waals surface area contributed by atoms with Gasteiger partial charge in [0.1, 0.15) is 0 Å². The summed E-state index contributed by atoms with van der Waals surface area (Å²) in [6.45, 7) is 1.13. The van der Waals surface area contributed by atoms with Crippen molar-refractivity contribution in [2.45, 2.75) is 18.9 Å². The highest BCUT2D eigenvalue weighted by Gasteiger charge is 2.27. The van der Waals surface area contributed by atoms with Gasteiger partial charge in [0.2, 0.25) is 0 Å². The zero-order valence-electron chi connectivity index (χ0n) is 10.3. The van der Waals surface area contributed by atoms with Crippen LogP contribution in [-0.2, 0) is 4.79 Å². The highest BCUT2D eigenvalue weighted by molar-refractivity contribution is 5.94. The number of benzene rings is 1. The maximum atomic E-state index is 11.6. The van der Waals surface area contributed by atoms with Crippen molar-refractivity contribution < 1.29 is 15.0 Å². The largest absolute Gasteiger partial charge is 0.394 e. The first-order valence-electron chi connectivity index (χ1n) is 5.77. The summed E-state index contributed by atoms with van der Waals surface area (Å²) < 4.78 is 0. The lowest BCUT2D eigenvalue weighted by molar-refractivity contribution is -0.118. The van der Waals surface area contributed by atoms with Crippen molar-refractivity contribution in [2.24, 2.45) is 0 Å². The molecule has 0 aliphatic carbocycles. The van der Waals surface area contributed by atoms with E-state index in [0.717, 1.165) is 5.56 Å². The summed E-state index contributed by atoms with van der Waals surface area (Å²) in [5.74, 6) is 4.64. The molecule has 0 aromatic heterocycles. The standard InChI is InChI=1S/C14H17NO3/c1-2-14(10-16,11-17)15-13(18)9-8-12-6-4-3-5-7-12/h3-7,16-17H,2,10-11H2,1H3,(H,15,18). The highest BCUT2D eigenvalue weighted by atomic mass is 16.3. The minimum Gasteiger partial charge on any atom is -0.394 e. The van der Waals surface area contributed by atoms with Crippen molar-refractivity contribution in [1.82, 2.24) is 5.32 Å². The Morgan fingerprint density at radius 2 is 1.89 bits per heavy atom. The van der Waals surface area contributed by atoms with E-state index in [2.05, 4.69) is 17.2 Å². The van der Waals surface area contributed by atoms with Gasteiger partial charge in [-0.1, -0.05) is 31.0 Å². The molecule has 1 amide bonds. The molecule has 96 valence electrons. The number of hydrogen-bond acceptors (Lipinski definition) is 3. The molecular weight excluding hydrogens is 230 g/mol. The van der Waals surface area contributed by atoms with Crippen LogP contribution in [0.4, 0.5) is 0 Å². The van der Waals surface area contributed by atoms with Gasteiger partial charge < -0.3 is 15.5 Å². The zero-order valence-corrected chi connectivity index (χ0v) is 10.3. The summed E-state index contributed by atoms with van der Waals surface area (Å²) in [7, 11) is 0. The van der Waals surface area contributed by atoms with Gasteiger partial charge in [-0.3, -0.25) is 4.79 Å². The maximum Gasteiger partial charge on any atom is 0.296 e. The average Bonchev–Trinajstić information content (AvgIpc) is 2.44. The Hall–Kier alpha value is -1.83. The molecule has 1 aromatic rings. The van der Waals surface area contributed by atoms with Crippen molar-refractivity contribution in [3.63, 3.8) is 0 Å². The normalized spacial score (nSPS) is 10.4. The van der Waals surface area contributed by atoms with Gasteiger partial charge >= 0.3 is 0 Å². The third-order valence-electron chi connectivity index (χ3n) is 2.75. The molecule has 0 heterocycles. The van der Waals surface area contributed by atoms with Crippen LogP contribution in [0.25, 0.3) is 0 Å². The predicted molar refractivity (Wildman–Crippen MR) is 68.7 cm³/mol. The van der Waals surface area contributed by atoms with Gasteiger partial charge in [-0.15, -0.1) is 0 Å². The van der Waals surface area contributed by atoms with Crippen molar-refractivity contribution in [3.8, 4) is 11.8 Å². The average molecular weight is 247 g/mol. The zero-order chi connectivity index (χ0) is 13.4. The molecule has 1 aromatic carbocycles. The second-order valence-corrected chi connectivity index (χ2v) is 4.02. The van der Waals surface area contributed by atoms with E-state index in [1.165, 1.54) is 0 Å². The van der Waals surface area contributed by atoms with E-state index in [4.69, 9.17) is 0 Å². The predicted octanol–water partition coefficient (Wildman–Crippen LogP) is 0.288. The maximum absolute atomic E-state index is 11.6. The van der Waals surface area contributed by atoms with E-state index >= 15 is 0 Å². The topological polar surface area (TPSA) is 69.6 Å². The summed E-state index contributed by atoms with van der Waals surface area (Å²) in [6.07, 6.45) is 0.429. The number of hydrogen-bond donors (Lipinski definition) is 3. The van der Waals surface area contributed by atoms with Crippen LogP contribution in [0.2, 0.25) is 0 Å². The SMILES string of the molecule is CCC(CO)(CO)NC(=O)C#Cc1ccccc1. The van der Waals surface area contributed by atoms with Gasteiger partial charge in [-0.2, -0.15) is 0 Å². The molecule has 0 aliphatic rings.